The van der Waals surface area contributed by atoms with E-state index in [1.165, 1.54) is 19.1 Å². The van der Waals surface area contributed by atoms with Gasteiger partial charge in [0.05, 0.1) is 0 Å². The Labute approximate surface area is 91.0 Å². The first-order chi connectivity index (χ1) is 7.33. The molecule has 0 saturated carbocycles. The van der Waals surface area contributed by atoms with Gasteiger partial charge in [-0.1, -0.05) is 19.1 Å². The van der Waals surface area contributed by atoms with Crippen LogP contribution in [0.5, 0.6) is 5.75 Å². The molecule has 0 amide bonds. The molecular weight excluding hydrogens is 221 g/mol. The average molecular weight is 232 g/mol. The number of aryl methyl sites for hydroxylation is 1. The van der Waals surface area contributed by atoms with Crippen molar-refractivity contribution in [3.05, 3.63) is 29.3 Å². The van der Waals surface area contributed by atoms with Crippen molar-refractivity contribution in [2.24, 2.45) is 0 Å². The summed E-state index contributed by atoms with van der Waals surface area (Å²) in [5.41, 5.74) is 0.624. The lowest BCUT2D eigenvalue weighted by molar-refractivity contribution is -0.274. The molecule has 1 aromatic carbocycles. The van der Waals surface area contributed by atoms with Crippen molar-refractivity contribution < 1.29 is 22.7 Å². The van der Waals surface area contributed by atoms with E-state index in [4.69, 9.17) is 0 Å². The van der Waals surface area contributed by atoms with Crippen LogP contribution in [0.1, 0.15) is 29.8 Å². The lowest BCUT2D eigenvalue weighted by atomic mass is 10.1. The first kappa shape index (κ1) is 12.5. The predicted octanol–water partition coefficient (Wildman–Crippen LogP) is 3.35. The van der Waals surface area contributed by atoms with Gasteiger partial charge in [0.1, 0.15) is 5.75 Å². The van der Waals surface area contributed by atoms with E-state index in [0.29, 0.717) is 12.0 Å². The number of ketones is 1. The van der Waals surface area contributed by atoms with E-state index >= 15 is 0 Å². The number of Topliss-reactive ketones (excluding diaryl/α,β-unsaturated/α-hetero) is 1. The minimum Gasteiger partial charge on any atom is -0.405 e. The Morgan fingerprint density at radius 3 is 2.44 bits per heavy atom. The number of rotatable bonds is 3. The van der Waals surface area contributed by atoms with E-state index in [-0.39, 0.29) is 17.1 Å². The number of hydrogen-bond acceptors (Lipinski definition) is 2. The van der Waals surface area contributed by atoms with E-state index < -0.39 is 6.36 Å². The van der Waals surface area contributed by atoms with Gasteiger partial charge < -0.3 is 4.74 Å². The van der Waals surface area contributed by atoms with E-state index in [0.717, 1.165) is 6.07 Å². The lowest BCUT2D eigenvalue weighted by Crippen LogP contribution is -2.18. The molecule has 0 aliphatic heterocycles. The first-order valence-electron chi connectivity index (χ1n) is 4.73. The molecule has 0 N–H and O–H groups in total. The third-order valence-corrected chi connectivity index (χ3v) is 2.08. The number of halogens is 3. The van der Waals surface area contributed by atoms with Crippen LogP contribution in [-0.2, 0) is 6.42 Å². The molecule has 1 rings (SSSR count). The summed E-state index contributed by atoms with van der Waals surface area (Å²) in [6.07, 6.45) is -4.33. The number of ether oxygens (including phenoxy) is 1. The molecule has 16 heavy (non-hydrogen) atoms. The van der Waals surface area contributed by atoms with Crippen LogP contribution in [0.15, 0.2) is 18.2 Å². The van der Waals surface area contributed by atoms with Crippen molar-refractivity contribution in [2.45, 2.75) is 26.6 Å². The largest absolute Gasteiger partial charge is 0.573 e. The fourth-order valence-corrected chi connectivity index (χ4v) is 1.29. The number of hydrogen-bond donors (Lipinski definition) is 0. The first-order valence-corrected chi connectivity index (χ1v) is 4.73. The van der Waals surface area contributed by atoms with Gasteiger partial charge in [-0.25, -0.2) is 0 Å². The van der Waals surface area contributed by atoms with Crippen LogP contribution in [0.3, 0.4) is 0 Å². The van der Waals surface area contributed by atoms with Crippen LogP contribution in [0.4, 0.5) is 13.2 Å². The SMILES string of the molecule is CCc1ccc(C(C)=O)cc1OC(F)(F)F. The molecule has 0 atom stereocenters. The number of benzene rings is 1. The van der Waals surface area contributed by atoms with E-state index in [2.05, 4.69) is 4.74 Å². The van der Waals surface area contributed by atoms with Gasteiger partial charge in [0, 0.05) is 5.56 Å². The van der Waals surface area contributed by atoms with Gasteiger partial charge in [0.2, 0.25) is 0 Å². The highest BCUT2D eigenvalue weighted by Gasteiger charge is 2.32. The molecule has 0 bridgehead atoms. The molecule has 2 nitrogen and oxygen atoms in total. The highest BCUT2D eigenvalue weighted by Crippen LogP contribution is 2.28. The summed E-state index contributed by atoms with van der Waals surface area (Å²) in [5.74, 6) is -0.600. The summed E-state index contributed by atoms with van der Waals surface area (Å²) >= 11 is 0. The Kier molecular flexibility index (Phi) is 3.57. The zero-order valence-electron chi connectivity index (χ0n) is 8.89. The molecule has 0 unspecified atom stereocenters. The van der Waals surface area contributed by atoms with Crippen molar-refractivity contribution in [1.82, 2.24) is 0 Å². The molecule has 5 heteroatoms. The highest BCUT2D eigenvalue weighted by atomic mass is 19.4. The normalized spacial score (nSPS) is 11.3. The number of alkyl halides is 3. The van der Waals surface area contributed by atoms with Crippen LogP contribution in [0.2, 0.25) is 0 Å². The molecule has 0 heterocycles. The smallest absolute Gasteiger partial charge is 0.405 e. The molecule has 0 saturated heterocycles. The van der Waals surface area contributed by atoms with Crippen molar-refractivity contribution >= 4 is 5.78 Å². The maximum Gasteiger partial charge on any atom is 0.573 e. The Hall–Kier alpha value is -1.52. The molecule has 0 aromatic heterocycles. The van der Waals surface area contributed by atoms with Crippen LogP contribution < -0.4 is 4.74 Å². The summed E-state index contributed by atoms with van der Waals surface area (Å²) in [5, 5.41) is 0. The van der Waals surface area contributed by atoms with Crippen LogP contribution in [0, 0.1) is 0 Å². The standard InChI is InChI=1S/C11H11F3O2/c1-3-8-4-5-9(7(2)15)6-10(8)16-11(12,13)14/h4-6H,3H2,1-2H3. The molecule has 0 spiro atoms. The fourth-order valence-electron chi connectivity index (χ4n) is 1.29. The van der Waals surface area contributed by atoms with Crippen molar-refractivity contribution in [3.63, 3.8) is 0 Å². The highest BCUT2D eigenvalue weighted by molar-refractivity contribution is 5.94. The van der Waals surface area contributed by atoms with Gasteiger partial charge in [-0.05, 0) is 25.0 Å². The zero-order valence-corrected chi connectivity index (χ0v) is 8.89. The van der Waals surface area contributed by atoms with Gasteiger partial charge in [-0.2, -0.15) is 0 Å². The minimum atomic E-state index is -4.74. The van der Waals surface area contributed by atoms with Crippen molar-refractivity contribution in [3.8, 4) is 5.75 Å². The monoisotopic (exact) mass is 232 g/mol. The average Bonchev–Trinajstić information content (AvgIpc) is 2.15. The number of carbonyl (C=O) groups excluding carboxylic acids is 1. The maximum absolute atomic E-state index is 12.1. The van der Waals surface area contributed by atoms with Gasteiger partial charge >= 0.3 is 6.36 Å². The molecular formula is C11H11F3O2. The molecule has 88 valence electrons. The predicted molar refractivity (Wildman–Crippen MR) is 52.5 cm³/mol. The van der Waals surface area contributed by atoms with E-state index in [9.17, 15) is 18.0 Å². The van der Waals surface area contributed by atoms with Crippen molar-refractivity contribution in [2.75, 3.05) is 0 Å². The lowest BCUT2D eigenvalue weighted by Gasteiger charge is -2.13. The summed E-state index contributed by atoms with van der Waals surface area (Å²) in [6, 6.07) is 4.08. The maximum atomic E-state index is 12.1. The second-order valence-electron chi connectivity index (χ2n) is 3.28. The Balaban J connectivity index is 3.12. The van der Waals surface area contributed by atoms with Crippen LogP contribution >= 0.6 is 0 Å². The second-order valence-corrected chi connectivity index (χ2v) is 3.28. The van der Waals surface area contributed by atoms with Crippen LogP contribution in [0.25, 0.3) is 0 Å². The minimum absolute atomic E-state index is 0.205. The van der Waals surface area contributed by atoms with Crippen molar-refractivity contribution in [1.29, 1.82) is 0 Å². The summed E-state index contributed by atoms with van der Waals surface area (Å²) < 4.78 is 40.1. The molecule has 0 radical (unpaired) electrons. The topological polar surface area (TPSA) is 26.3 Å². The van der Waals surface area contributed by atoms with Gasteiger partial charge in [0.25, 0.3) is 0 Å². The third kappa shape index (κ3) is 3.25. The number of carbonyl (C=O) groups is 1. The van der Waals surface area contributed by atoms with Gasteiger partial charge in [-0.3, -0.25) is 4.79 Å². The Morgan fingerprint density at radius 2 is 2.00 bits per heavy atom. The quantitative estimate of drug-likeness (QED) is 0.747. The zero-order chi connectivity index (χ0) is 12.3. The van der Waals surface area contributed by atoms with Crippen LogP contribution in [-0.4, -0.2) is 12.1 Å². The van der Waals surface area contributed by atoms with Gasteiger partial charge in [-0.15, -0.1) is 13.2 Å². The Morgan fingerprint density at radius 1 is 1.38 bits per heavy atom. The molecule has 0 aliphatic carbocycles. The second kappa shape index (κ2) is 4.55. The molecule has 0 aliphatic rings. The molecule has 1 aromatic rings. The summed E-state index contributed by atoms with van der Waals surface area (Å²) in [7, 11) is 0. The summed E-state index contributed by atoms with van der Waals surface area (Å²) in [6.45, 7) is 3.00. The Bertz CT molecular complexity index is 397. The fraction of sp³-hybridized carbons (Fsp3) is 0.364. The summed E-state index contributed by atoms with van der Waals surface area (Å²) in [4.78, 5) is 11.0. The third-order valence-electron chi connectivity index (χ3n) is 2.08. The van der Waals surface area contributed by atoms with Gasteiger partial charge in [0.15, 0.2) is 5.78 Å². The molecule has 0 fully saturated rings. The van der Waals surface area contributed by atoms with E-state index in [1.807, 2.05) is 0 Å². The van der Waals surface area contributed by atoms with E-state index in [1.54, 1.807) is 6.92 Å².